The lowest BCUT2D eigenvalue weighted by atomic mass is 10.1. The fourth-order valence-corrected chi connectivity index (χ4v) is 5.06. The van der Waals surface area contributed by atoms with Crippen molar-refractivity contribution in [2.45, 2.75) is 24.5 Å². The largest absolute Gasteiger partial charge is 0.496 e. The second-order valence-corrected chi connectivity index (χ2v) is 8.59. The van der Waals surface area contributed by atoms with Gasteiger partial charge in [0, 0.05) is 18.7 Å². The SMILES string of the molecule is COc1cccc(OC)c1S(=O)Nc1noc2cc(Cn3ncc4c3CNC4)cc(OC)c12. The number of nitrogens with zero attached hydrogens (tertiary/aromatic N) is 3. The first-order chi connectivity index (χ1) is 16.1. The molecule has 0 aliphatic carbocycles. The molecular formula is C22H23N5O5S. The Morgan fingerprint density at radius 2 is 1.88 bits per heavy atom. The number of anilines is 1. The predicted octanol–water partition coefficient (Wildman–Crippen LogP) is 2.84. The first kappa shape index (κ1) is 21.3. The monoisotopic (exact) mass is 469 g/mol. The maximum absolute atomic E-state index is 13.2. The Morgan fingerprint density at radius 1 is 1.12 bits per heavy atom. The molecule has 0 spiro atoms. The summed E-state index contributed by atoms with van der Waals surface area (Å²) in [5, 5.41) is 12.5. The van der Waals surface area contributed by atoms with E-state index < -0.39 is 11.0 Å². The van der Waals surface area contributed by atoms with Gasteiger partial charge in [0.1, 0.15) is 27.5 Å². The molecule has 3 heterocycles. The van der Waals surface area contributed by atoms with Crippen molar-refractivity contribution >= 4 is 27.8 Å². The van der Waals surface area contributed by atoms with Crippen LogP contribution in [0.25, 0.3) is 11.0 Å². The van der Waals surface area contributed by atoms with Gasteiger partial charge in [-0.2, -0.15) is 5.10 Å². The normalized spacial score (nSPS) is 13.7. The molecule has 4 aromatic rings. The Labute approximate surface area is 192 Å². The summed E-state index contributed by atoms with van der Waals surface area (Å²) in [6, 6.07) is 8.99. The molecule has 1 aliphatic rings. The fourth-order valence-electron chi connectivity index (χ4n) is 3.98. The van der Waals surface area contributed by atoms with Crippen LogP contribution in [0, 0.1) is 0 Å². The van der Waals surface area contributed by atoms with Crippen molar-refractivity contribution in [1.82, 2.24) is 20.3 Å². The van der Waals surface area contributed by atoms with Crippen LogP contribution in [-0.4, -0.2) is 40.5 Å². The highest BCUT2D eigenvalue weighted by Crippen LogP contribution is 2.37. The van der Waals surface area contributed by atoms with Crippen molar-refractivity contribution in [3.63, 3.8) is 0 Å². The molecule has 5 rings (SSSR count). The van der Waals surface area contributed by atoms with Crippen LogP contribution in [-0.2, 0) is 30.6 Å². The standard InChI is InChI=1S/C22H23N5O5S/c1-29-16-5-4-6-17(30-2)21(16)33(28)26-22-20-18(31-3)7-13(8-19(20)32-25-22)12-27-15-11-23-9-14(15)10-24-27/h4-8,10,23H,9,11-12H2,1-3H3,(H,25,26). The van der Waals surface area contributed by atoms with Crippen LogP contribution >= 0.6 is 0 Å². The van der Waals surface area contributed by atoms with Crippen LogP contribution in [0.3, 0.4) is 0 Å². The molecule has 11 heteroatoms. The van der Waals surface area contributed by atoms with E-state index in [1.165, 1.54) is 25.5 Å². The molecule has 1 unspecified atom stereocenters. The lowest BCUT2D eigenvalue weighted by Gasteiger charge is -2.13. The van der Waals surface area contributed by atoms with E-state index in [2.05, 4.69) is 20.3 Å². The van der Waals surface area contributed by atoms with E-state index in [1.54, 1.807) is 25.3 Å². The second-order valence-electron chi connectivity index (χ2n) is 7.44. The van der Waals surface area contributed by atoms with Crippen molar-refractivity contribution < 1.29 is 22.9 Å². The smallest absolute Gasteiger partial charge is 0.193 e. The number of hydrogen-bond acceptors (Lipinski definition) is 8. The van der Waals surface area contributed by atoms with Gasteiger partial charge in [-0.05, 0) is 29.8 Å². The molecule has 0 amide bonds. The third-order valence-corrected chi connectivity index (χ3v) is 6.70. The highest BCUT2D eigenvalue weighted by atomic mass is 32.2. The number of aromatic nitrogens is 3. The van der Waals surface area contributed by atoms with Crippen LogP contribution in [0.5, 0.6) is 17.2 Å². The Bertz CT molecular complexity index is 1330. The Balaban J connectivity index is 1.47. The minimum atomic E-state index is -1.73. The zero-order valence-electron chi connectivity index (χ0n) is 18.4. The minimum absolute atomic E-state index is 0.295. The lowest BCUT2D eigenvalue weighted by molar-refractivity contribution is 0.375. The molecule has 2 aromatic carbocycles. The van der Waals surface area contributed by atoms with E-state index in [0.29, 0.717) is 45.5 Å². The van der Waals surface area contributed by atoms with Crippen LogP contribution in [0.2, 0.25) is 0 Å². The molecule has 1 aliphatic heterocycles. The van der Waals surface area contributed by atoms with Gasteiger partial charge in [-0.3, -0.25) is 9.40 Å². The van der Waals surface area contributed by atoms with Crippen LogP contribution in [0.15, 0.2) is 45.9 Å². The van der Waals surface area contributed by atoms with E-state index in [-0.39, 0.29) is 0 Å². The van der Waals surface area contributed by atoms with E-state index in [0.717, 1.165) is 18.7 Å². The molecule has 2 aromatic heterocycles. The van der Waals surface area contributed by atoms with Crippen LogP contribution in [0.1, 0.15) is 16.8 Å². The van der Waals surface area contributed by atoms with E-state index in [4.69, 9.17) is 18.7 Å². The van der Waals surface area contributed by atoms with Gasteiger partial charge in [-0.1, -0.05) is 11.2 Å². The maximum Gasteiger partial charge on any atom is 0.193 e. The Hall–Kier alpha value is -3.57. The third kappa shape index (κ3) is 3.79. The van der Waals surface area contributed by atoms with Gasteiger partial charge in [0.25, 0.3) is 0 Å². The topological polar surface area (TPSA) is 113 Å². The predicted molar refractivity (Wildman–Crippen MR) is 122 cm³/mol. The molecule has 0 saturated carbocycles. The van der Waals surface area contributed by atoms with Crippen LogP contribution in [0.4, 0.5) is 5.82 Å². The van der Waals surface area contributed by atoms with E-state index >= 15 is 0 Å². The maximum atomic E-state index is 13.2. The third-order valence-electron chi connectivity index (χ3n) is 5.55. The van der Waals surface area contributed by atoms with Crippen molar-refractivity contribution in [3.05, 3.63) is 53.3 Å². The zero-order chi connectivity index (χ0) is 22.9. The first-order valence-corrected chi connectivity index (χ1v) is 11.4. The molecule has 2 N–H and O–H groups in total. The number of fused-ring (bicyclic) bond motifs is 2. The number of nitrogens with one attached hydrogen (secondary N) is 2. The molecule has 33 heavy (non-hydrogen) atoms. The highest BCUT2D eigenvalue weighted by molar-refractivity contribution is 7.86. The first-order valence-electron chi connectivity index (χ1n) is 10.2. The highest BCUT2D eigenvalue weighted by Gasteiger charge is 2.22. The van der Waals surface area contributed by atoms with Gasteiger partial charge in [-0.15, -0.1) is 0 Å². The number of ether oxygens (including phenoxy) is 3. The van der Waals surface area contributed by atoms with Crippen molar-refractivity contribution in [3.8, 4) is 17.2 Å². The molecule has 172 valence electrons. The number of rotatable bonds is 8. The zero-order valence-corrected chi connectivity index (χ0v) is 19.2. The fraction of sp³-hybridized carbons (Fsp3) is 0.273. The Morgan fingerprint density at radius 3 is 2.61 bits per heavy atom. The molecule has 0 bridgehead atoms. The summed E-state index contributed by atoms with van der Waals surface area (Å²) >= 11 is 0. The molecule has 0 fully saturated rings. The quantitative estimate of drug-likeness (QED) is 0.405. The average Bonchev–Trinajstić information content (AvgIpc) is 3.55. The van der Waals surface area contributed by atoms with Gasteiger partial charge < -0.3 is 24.1 Å². The summed E-state index contributed by atoms with van der Waals surface area (Å²) in [6.07, 6.45) is 1.89. The molecular weight excluding hydrogens is 446 g/mol. The van der Waals surface area contributed by atoms with Gasteiger partial charge in [0.15, 0.2) is 22.4 Å². The minimum Gasteiger partial charge on any atom is -0.496 e. The number of methoxy groups -OCH3 is 3. The molecule has 1 atom stereocenters. The van der Waals surface area contributed by atoms with Crippen molar-refractivity contribution in [2.24, 2.45) is 0 Å². The summed E-state index contributed by atoms with van der Waals surface area (Å²) in [6.45, 7) is 2.20. The van der Waals surface area contributed by atoms with Gasteiger partial charge in [0.2, 0.25) is 0 Å². The molecule has 0 radical (unpaired) electrons. The average molecular weight is 470 g/mol. The lowest BCUT2D eigenvalue weighted by Crippen LogP contribution is -2.10. The summed E-state index contributed by atoms with van der Waals surface area (Å²) in [4.78, 5) is 0.371. The van der Waals surface area contributed by atoms with Crippen LogP contribution < -0.4 is 24.2 Å². The summed E-state index contributed by atoms with van der Waals surface area (Å²) < 4.78 is 40.0. The number of benzene rings is 2. The summed E-state index contributed by atoms with van der Waals surface area (Å²) in [5.74, 6) is 1.72. The van der Waals surface area contributed by atoms with Gasteiger partial charge in [-0.25, -0.2) is 4.21 Å². The Kier molecular flexibility index (Phi) is 5.65. The van der Waals surface area contributed by atoms with Gasteiger partial charge >= 0.3 is 0 Å². The molecule has 10 nitrogen and oxygen atoms in total. The van der Waals surface area contributed by atoms with Crippen molar-refractivity contribution in [1.29, 1.82) is 0 Å². The second kappa shape index (κ2) is 8.75. The summed E-state index contributed by atoms with van der Waals surface area (Å²) in [7, 11) is 2.86. The van der Waals surface area contributed by atoms with E-state index in [9.17, 15) is 4.21 Å². The number of hydrogen-bond donors (Lipinski definition) is 2. The van der Waals surface area contributed by atoms with E-state index in [1.807, 2.05) is 23.0 Å². The molecule has 0 saturated heterocycles. The van der Waals surface area contributed by atoms with Gasteiger partial charge in [0.05, 0.1) is 39.8 Å². The summed E-state index contributed by atoms with van der Waals surface area (Å²) in [5.41, 5.74) is 3.85. The van der Waals surface area contributed by atoms with Crippen molar-refractivity contribution in [2.75, 3.05) is 26.1 Å².